The fourth-order valence-corrected chi connectivity index (χ4v) is 1.91. The van der Waals surface area contributed by atoms with Gasteiger partial charge in [-0.3, -0.25) is 0 Å². The molecular formula is C15H25NO. The third-order valence-corrected chi connectivity index (χ3v) is 3.07. The van der Waals surface area contributed by atoms with Crippen LogP contribution in [-0.2, 0) is 4.74 Å². The van der Waals surface area contributed by atoms with Crippen molar-refractivity contribution in [1.82, 2.24) is 0 Å². The molecule has 2 heteroatoms. The normalized spacial score (nSPS) is 13.1. The van der Waals surface area contributed by atoms with Gasteiger partial charge in [0.1, 0.15) is 0 Å². The highest BCUT2D eigenvalue weighted by Crippen LogP contribution is 2.25. The first-order chi connectivity index (χ1) is 8.06. The van der Waals surface area contributed by atoms with Crippen molar-refractivity contribution in [1.29, 1.82) is 0 Å². The first-order valence-electron chi connectivity index (χ1n) is 6.40. The Hall–Kier alpha value is -1.02. The molecule has 0 spiro atoms. The first kappa shape index (κ1) is 14.0. The van der Waals surface area contributed by atoms with Crippen molar-refractivity contribution >= 4 is 5.69 Å². The van der Waals surface area contributed by atoms with E-state index in [1.54, 1.807) is 7.11 Å². The van der Waals surface area contributed by atoms with Gasteiger partial charge in [-0.1, -0.05) is 45.9 Å². The highest BCUT2D eigenvalue weighted by Gasteiger charge is 2.15. The Kier molecular flexibility index (Phi) is 5.49. The predicted molar refractivity (Wildman–Crippen MR) is 74.7 cm³/mol. The van der Waals surface area contributed by atoms with Gasteiger partial charge >= 0.3 is 0 Å². The van der Waals surface area contributed by atoms with Crippen molar-refractivity contribution in [3.05, 3.63) is 29.8 Å². The summed E-state index contributed by atoms with van der Waals surface area (Å²) in [4.78, 5) is 0. The average molecular weight is 235 g/mol. The zero-order chi connectivity index (χ0) is 12.8. The molecule has 0 aliphatic rings. The van der Waals surface area contributed by atoms with Crippen LogP contribution in [0.1, 0.15) is 39.2 Å². The molecule has 0 saturated heterocycles. The van der Waals surface area contributed by atoms with Crippen LogP contribution in [0.25, 0.3) is 0 Å². The van der Waals surface area contributed by atoms with E-state index in [1.165, 1.54) is 11.3 Å². The molecule has 1 atom stereocenters. The second-order valence-corrected chi connectivity index (χ2v) is 5.19. The van der Waals surface area contributed by atoms with E-state index in [1.807, 2.05) is 0 Å². The molecule has 0 amide bonds. The van der Waals surface area contributed by atoms with Crippen molar-refractivity contribution in [3.63, 3.8) is 0 Å². The number of nitrogens with one attached hydrogen (secondary N) is 1. The maximum Gasteiger partial charge on any atom is 0.0666 e. The van der Waals surface area contributed by atoms with Crippen molar-refractivity contribution < 1.29 is 4.74 Å². The summed E-state index contributed by atoms with van der Waals surface area (Å²) < 4.78 is 5.28. The van der Waals surface area contributed by atoms with Crippen LogP contribution in [0.5, 0.6) is 0 Å². The molecule has 0 aliphatic heterocycles. The van der Waals surface area contributed by atoms with Gasteiger partial charge in [-0.05, 0) is 23.5 Å². The Morgan fingerprint density at radius 3 is 2.29 bits per heavy atom. The lowest BCUT2D eigenvalue weighted by Crippen LogP contribution is -2.30. The molecule has 1 aromatic rings. The van der Waals surface area contributed by atoms with Gasteiger partial charge in [0.2, 0.25) is 0 Å². The lowest BCUT2D eigenvalue weighted by molar-refractivity contribution is 0.171. The SMILES string of the molecule is COCC(Nc1ccccc1C(C)C)C(C)C. The number of rotatable bonds is 6. The number of ether oxygens (including phenoxy) is 1. The van der Waals surface area contributed by atoms with Crippen LogP contribution in [0.15, 0.2) is 24.3 Å². The summed E-state index contributed by atoms with van der Waals surface area (Å²) in [5.41, 5.74) is 2.60. The van der Waals surface area contributed by atoms with Gasteiger partial charge in [0, 0.05) is 12.8 Å². The molecule has 0 aromatic heterocycles. The Labute approximate surface area is 105 Å². The summed E-state index contributed by atoms with van der Waals surface area (Å²) >= 11 is 0. The van der Waals surface area contributed by atoms with Crippen LogP contribution >= 0.6 is 0 Å². The number of benzene rings is 1. The van der Waals surface area contributed by atoms with E-state index in [2.05, 4.69) is 57.3 Å². The number of hydrogen-bond donors (Lipinski definition) is 1. The number of anilines is 1. The van der Waals surface area contributed by atoms with Gasteiger partial charge in [-0.15, -0.1) is 0 Å². The smallest absolute Gasteiger partial charge is 0.0666 e. The summed E-state index contributed by atoms with van der Waals surface area (Å²) in [6.07, 6.45) is 0. The van der Waals surface area contributed by atoms with E-state index in [9.17, 15) is 0 Å². The second kappa shape index (κ2) is 6.65. The number of methoxy groups -OCH3 is 1. The Morgan fingerprint density at radius 2 is 1.76 bits per heavy atom. The fourth-order valence-electron chi connectivity index (χ4n) is 1.91. The predicted octanol–water partition coefficient (Wildman–Crippen LogP) is 3.89. The summed E-state index contributed by atoms with van der Waals surface area (Å²) in [5, 5.41) is 3.60. The molecule has 0 radical (unpaired) electrons. The Morgan fingerprint density at radius 1 is 1.12 bits per heavy atom. The number of hydrogen-bond acceptors (Lipinski definition) is 2. The van der Waals surface area contributed by atoms with E-state index in [-0.39, 0.29) is 0 Å². The molecule has 0 bridgehead atoms. The molecule has 1 N–H and O–H groups in total. The lowest BCUT2D eigenvalue weighted by Gasteiger charge is -2.25. The quantitative estimate of drug-likeness (QED) is 0.807. The summed E-state index contributed by atoms with van der Waals surface area (Å²) in [5.74, 6) is 1.09. The topological polar surface area (TPSA) is 21.3 Å². The van der Waals surface area contributed by atoms with Gasteiger partial charge < -0.3 is 10.1 Å². The van der Waals surface area contributed by atoms with Crippen LogP contribution in [-0.4, -0.2) is 19.8 Å². The highest BCUT2D eigenvalue weighted by molar-refractivity contribution is 5.53. The molecule has 0 heterocycles. The highest BCUT2D eigenvalue weighted by atomic mass is 16.5. The van der Waals surface area contributed by atoms with Crippen molar-refractivity contribution in [2.45, 2.75) is 39.7 Å². The minimum atomic E-state index is 0.361. The fraction of sp³-hybridized carbons (Fsp3) is 0.600. The van der Waals surface area contributed by atoms with E-state index in [4.69, 9.17) is 4.74 Å². The van der Waals surface area contributed by atoms with E-state index in [0.29, 0.717) is 17.9 Å². The monoisotopic (exact) mass is 235 g/mol. The van der Waals surface area contributed by atoms with E-state index in [0.717, 1.165) is 6.61 Å². The minimum Gasteiger partial charge on any atom is -0.383 e. The molecule has 1 aromatic carbocycles. The Balaban J connectivity index is 2.85. The van der Waals surface area contributed by atoms with Gasteiger partial charge in [-0.25, -0.2) is 0 Å². The van der Waals surface area contributed by atoms with Gasteiger partial charge in [0.15, 0.2) is 0 Å². The van der Waals surface area contributed by atoms with Crippen molar-refractivity contribution in [2.75, 3.05) is 19.0 Å². The van der Waals surface area contributed by atoms with E-state index >= 15 is 0 Å². The van der Waals surface area contributed by atoms with Gasteiger partial charge in [0.05, 0.1) is 12.6 Å². The molecule has 0 fully saturated rings. The van der Waals surface area contributed by atoms with Crippen LogP contribution in [0.4, 0.5) is 5.69 Å². The third kappa shape index (κ3) is 4.04. The maximum atomic E-state index is 5.28. The average Bonchev–Trinajstić information content (AvgIpc) is 2.28. The van der Waals surface area contributed by atoms with Crippen molar-refractivity contribution in [2.24, 2.45) is 5.92 Å². The zero-order valence-electron chi connectivity index (χ0n) is 11.7. The molecule has 96 valence electrons. The molecule has 0 saturated carbocycles. The summed E-state index contributed by atoms with van der Waals surface area (Å²) in [7, 11) is 1.76. The molecule has 1 rings (SSSR count). The van der Waals surface area contributed by atoms with Crippen LogP contribution < -0.4 is 5.32 Å². The molecular weight excluding hydrogens is 210 g/mol. The van der Waals surface area contributed by atoms with Crippen LogP contribution in [0.3, 0.4) is 0 Å². The molecule has 1 unspecified atom stereocenters. The molecule has 0 aliphatic carbocycles. The van der Waals surface area contributed by atoms with Gasteiger partial charge in [0.25, 0.3) is 0 Å². The first-order valence-corrected chi connectivity index (χ1v) is 6.40. The third-order valence-electron chi connectivity index (χ3n) is 3.07. The van der Waals surface area contributed by atoms with Crippen LogP contribution in [0.2, 0.25) is 0 Å². The summed E-state index contributed by atoms with van der Waals surface area (Å²) in [6, 6.07) is 8.89. The Bertz CT molecular complexity index is 333. The van der Waals surface area contributed by atoms with Crippen LogP contribution in [0, 0.1) is 5.92 Å². The second-order valence-electron chi connectivity index (χ2n) is 5.19. The van der Waals surface area contributed by atoms with Crippen molar-refractivity contribution in [3.8, 4) is 0 Å². The lowest BCUT2D eigenvalue weighted by atomic mass is 9.99. The van der Waals surface area contributed by atoms with E-state index < -0.39 is 0 Å². The molecule has 2 nitrogen and oxygen atoms in total. The largest absolute Gasteiger partial charge is 0.383 e. The standard InChI is InChI=1S/C15H25NO/c1-11(2)13-8-6-7-9-14(13)16-15(10-17-5)12(3)4/h6-9,11-12,15-16H,10H2,1-5H3. The zero-order valence-corrected chi connectivity index (χ0v) is 11.7. The molecule has 17 heavy (non-hydrogen) atoms. The number of para-hydroxylation sites is 1. The van der Waals surface area contributed by atoms with Gasteiger partial charge in [-0.2, -0.15) is 0 Å². The minimum absolute atomic E-state index is 0.361. The maximum absolute atomic E-state index is 5.28. The summed E-state index contributed by atoms with van der Waals surface area (Å²) in [6.45, 7) is 9.62.